The highest BCUT2D eigenvalue weighted by Gasteiger charge is 2.33. The van der Waals surface area contributed by atoms with E-state index in [0.717, 1.165) is 24.0 Å². The lowest BCUT2D eigenvalue weighted by molar-refractivity contribution is -0.119. The van der Waals surface area contributed by atoms with Crippen LogP contribution >= 0.6 is 11.6 Å². The topological polar surface area (TPSA) is 58.2 Å². The summed E-state index contributed by atoms with van der Waals surface area (Å²) in [5, 5.41) is 6.58. The van der Waals surface area contributed by atoms with Crippen LogP contribution in [0.15, 0.2) is 48.5 Å². The van der Waals surface area contributed by atoms with E-state index in [1.165, 1.54) is 6.92 Å². The van der Waals surface area contributed by atoms with Crippen LogP contribution in [0.4, 0.5) is 0 Å². The van der Waals surface area contributed by atoms with E-state index in [9.17, 15) is 9.59 Å². The van der Waals surface area contributed by atoms with E-state index in [-0.39, 0.29) is 17.9 Å². The van der Waals surface area contributed by atoms with Crippen LogP contribution < -0.4 is 10.6 Å². The molecule has 0 bridgehead atoms. The van der Waals surface area contributed by atoms with Gasteiger partial charge >= 0.3 is 0 Å². The largest absolute Gasteiger partial charge is 0.352 e. The van der Waals surface area contributed by atoms with Crippen LogP contribution in [0, 0.1) is 5.92 Å². The molecule has 4 nitrogen and oxygen atoms in total. The van der Waals surface area contributed by atoms with Crippen molar-refractivity contribution in [2.24, 2.45) is 5.92 Å². The highest BCUT2D eigenvalue weighted by molar-refractivity contribution is 6.30. The number of hydrogen-bond donors (Lipinski definition) is 2. The van der Waals surface area contributed by atoms with Crippen molar-refractivity contribution in [1.29, 1.82) is 0 Å². The Morgan fingerprint density at radius 2 is 1.72 bits per heavy atom. The van der Waals surface area contributed by atoms with Crippen LogP contribution in [0.5, 0.6) is 0 Å². The van der Waals surface area contributed by atoms with Crippen LogP contribution in [-0.4, -0.2) is 11.8 Å². The summed E-state index contributed by atoms with van der Waals surface area (Å²) in [6, 6.07) is 15.0. The van der Waals surface area contributed by atoms with Crippen molar-refractivity contribution in [3.05, 3.63) is 70.2 Å². The quantitative estimate of drug-likeness (QED) is 0.825. The Morgan fingerprint density at radius 3 is 2.28 bits per heavy atom. The molecule has 2 N–H and O–H groups in total. The van der Waals surface area contributed by atoms with Gasteiger partial charge in [0.15, 0.2) is 0 Å². The molecular weight excluding hydrogens is 336 g/mol. The lowest BCUT2D eigenvalue weighted by atomic mass is 10.0. The molecule has 2 aromatic rings. The van der Waals surface area contributed by atoms with Gasteiger partial charge in [-0.1, -0.05) is 35.9 Å². The predicted molar refractivity (Wildman–Crippen MR) is 98.3 cm³/mol. The van der Waals surface area contributed by atoms with Crippen molar-refractivity contribution in [2.75, 3.05) is 0 Å². The first-order valence-electron chi connectivity index (χ1n) is 8.42. The van der Waals surface area contributed by atoms with Gasteiger partial charge in [-0.05, 0) is 54.2 Å². The Bertz CT molecular complexity index is 752. The van der Waals surface area contributed by atoms with Gasteiger partial charge in [-0.15, -0.1) is 0 Å². The molecular formula is C20H21ClN2O2. The molecule has 130 valence electrons. The zero-order chi connectivity index (χ0) is 17.8. The van der Waals surface area contributed by atoms with Crippen LogP contribution in [0.1, 0.15) is 47.3 Å². The lowest BCUT2D eigenvalue weighted by Crippen LogP contribution is -2.29. The SMILES string of the molecule is CC(=O)NCc1ccc(C(=O)NC(c2ccc(Cl)cc2)C2CC2)cc1. The summed E-state index contributed by atoms with van der Waals surface area (Å²) in [7, 11) is 0. The molecule has 0 saturated heterocycles. The number of hydrogen-bond acceptors (Lipinski definition) is 2. The zero-order valence-corrected chi connectivity index (χ0v) is 14.8. The molecule has 1 saturated carbocycles. The monoisotopic (exact) mass is 356 g/mol. The van der Waals surface area contributed by atoms with Gasteiger partial charge < -0.3 is 10.6 Å². The van der Waals surface area contributed by atoms with Gasteiger partial charge in [0.25, 0.3) is 5.91 Å². The molecule has 3 rings (SSSR count). The highest BCUT2D eigenvalue weighted by Crippen LogP contribution is 2.41. The normalized spacial score (nSPS) is 14.6. The van der Waals surface area contributed by atoms with Gasteiger partial charge in [0.1, 0.15) is 0 Å². The van der Waals surface area contributed by atoms with Crippen molar-refractivity contribution in [3.63, 3.8) is 0 Å². The lowest BCUT2D eigenvalue weighted by Gasteiger charge is -2.19. The Kier molecular flexibility index (Phi) is 5.39. The predicted octanol–water partition coefficient (Wildman–Crippen LogP) is 3.86. The van der Waals surface area contributed by atoms with E-state index >= 15 is 0 Å². The maximum Gasteiger partial charge on any atom is 0.251 e. The van der Waals surface area contributed by atoms with E-state index in [1.54, 1.807) is 12.1 Å². The van der Waals surface area contributed by atoms with E-state index in [1.807, 2.05) is 36.4 Å². The second-order valence-electron chi connectivity index (χ2n) is 6.45. The van der Waals surface area contributed by atoms with Gasteiger partial charge in [-0.3, -0.25) is 9.59 Å². The molecule has 1 atom stereocenters. The van der Waals surface area contributed by atoms with E-state index in [0.29, 0.717) is 23.0 Å². The second kappa shape index (κ2) is 7.70. The minimum Gasteiger partial charge on any atom is -0.352 e. The fourth-order valence-corrected chi connectivity index (χ4v) is 2.92. The summed E-state index contributed by atoms with van der Waals surface area (Å²) in [5.41, 5.74) is 2.66. The Balaban J connectivity index is 1.67. The molecule has 2 amide bonds. The molecule has 0 aromatic heterocycles. The van der Waals surface area contributed by atoms with Crippen molar-refractivity contribution in [3.8, 4) is 0 Å². The Labute approximate surface area is 152 Å². The third kappa shape index (κ3) is 4.83. The molecule has 0 aliphatic heterocycles. The molecule has 1 unspecified atom stereocenters. The number of halogens is 1. The fourth-order valence-electron chi connectivity index (χ4n) is 2.80. The standard InChI is InChI=1S/C20H21ClN2O2/c1-13(24)22-12-14-2-4-17(5-3-14)20(25)23-19(15-6-7-15)16-8-10-18(21)11-9-16/h2-5,8-11,15,19H,6-7,12H2,1H3,(H,22,24)(H,23,25). The van der Waals surface area contributed by atoms with E-state index in [2.05, 4.69) is 10.6 Å². The average Bonchev–Trinajstić information content (AvgIpc) is 3.44. The summed E-state index contributed by atoms with van der Waals surface area (Å²) in [6.07, 6.45) is 2.26. The first-order chi connectivity index (χ1) is 12.0. The van der Waals surface area contributed by atoms with E-state index < -0.39 is 0 Å². The molecule has 1 aliphatic carbocycles. The minimum atomic E-state index is -0.0853. The maximum atomic E-state index is 12.6. The maximum absolute atomic E-state index is 12.6. The molecule has 5 heteroatoms. The zero-order valence-electron chi connectivity index (χ0n) is 14.1. The van der Waals surface area contributed by atoms with Gasteiger partial charge in [0, 0.05) is 24.1 Å². The third-order valence-corrected chi connectivity index (χ3v) is 4.62. The summed E-state index contributed by atoms with van der Waals surface area (Å²) in [6.45, 7) is 1.95. The number of carbonyl (C=O) groups excluding carboxylic acids is 2. The van der Waals surface area contributed by atoms with Crippen LogP contribution in [-0.2, 0) is 11.3 Å². The average molecular weight is 357 g/mol. The van der Waals surface area contributed by atoms with E-state index in [4.69, 9.17) is 11.6 Å². The molecule has 0 spiro atoms. The van der Waals surface area contributed by atoms with Gasteiger partial charge in [0.2, 0.25) is 5.91 Å². The summed E-state index contributed by atoms with van der Waals surface area (Å²) >= 11 is 5.96. The highest BCUT2D eigenvalue weighted by atomic mass is 35.5. The first-order valence-corrected chi connectivity index (χ1v) is 8.80. The molecule has 2 aromatic carbocycles. The summed E-state index contributed by atoms with van der Waals surface area (Å²) in [5.74, 6) is 0.333. The molecule has 25 heavy (non-hydrogen) atoms. The van der Waals surface area contributed by atoms with Gasteiger partial charge in [-0.25, -0.2) is 0 Å². The van der Waals surface area contributed by atoms with Gasteiger partial charge in [-0.2, -0.15) is 0 Å². The Morgan fingerprint density at radius 1 is 1.08 bits per heavy atom. The van der Waals surface area contributed by atoms with Crippen LogP contribution in [0.2, 0.25) is 5.02 Å². The van der Waals surface area contributed by atoms with Crippen molar-refractivity contribution in [1.82, 2.24) is 10.6 Å². The van der Waals surface area contributed by atoms with Crippen LogP contribution in [0.25, 0.3) is 0 Å². The number of benzene rings is 2. The third-order valence-electron chi connectivity index (χ3n) is 4.37. The van der Waals surface area contributed by atoms with Gasteiger partial charge in [0.05, 0.1) is 6.04 Å². The fraction of sp³-hybridized carbons (Fsp3) is 0.300. The van der Waals surface area contributed by atoms with Crippen LogP contribution in [0.3, 0.4) is 0 Å². The second-order valence-corrected chi connectivity index (χ2v) is 6.88. The summed E-state index contributed by atoms with van der Waals surface area (Å²) in [4.78, 5) is 23.6. The molecule has 1 fully saturated rings. The number of carbonyl (C=O) groups is 2. The number of nitrogens with one attached hydrogen (secondary N) is 2. The molecule has 1 aliphatic rings. The minimum absolute atomic E-state index is 0.0174. The Hall–Kier alpha value is -2.33. The number of rotatable bonds is 6. The van der Waals surface area contributed by atoms with Crippen molar-refractivity contribution in [2.45, 2.75) is 32.4 Å². The van der Waals surface area contributed by atoms with Crippen molar-refractivity contribution < 1.29 is 9.59 Å². The summed E-state index contributed by atoms with van der Waals surface area (Å²) < 4.78 is 0. The first kappa shape index (κ1) is 17.5. The smallest absolute Gasteiger partial charge is 0.251 e. The van der Waals surface area contributed by atoms with Crippen molar-refractivity contribution >= 4 is 23.4 Å². The molecule has 0 radical (unpaired) electrons. The molecule has 0 heterocycles. The number of amides is 2.